The van der Waals surface area contributed by atoms with Gasteiger partial charge in [-0.2, -0.15) is 0 Å². The quantitative estimate of drug-likeness (QED) is 0.723. The molecule has 0 radical (unpaired) electrons. The zero-order valence-electron chi connectivity index (χ0n) is 10.3. The van der Waals surface area contributed by atoms with Crippen LogP contribution in [0.3, 0.4) is 0 Å². The Morgan fingerprint density at radius 3 is 2.89 bits per heavy atom. The highest BCUT2D eigenvalue weighted by Crippen LogP contribution is 2.10. The molecule has 1 heterocycles. The van der Waals surface area contributed by atoms with Crippen LogP contribution in [-0.4, -0.2) is 26.5 Å². The maximum atomic E-state index is 13.3. The van der Waals surface area contributed by atoms with Gasteiger partial charge in [0.15, 0.2) is 5.82 Å². The van der Waals surface area contributed by atoms with Gasteiger partial charge in [-0.05, 0) is 37.4 Å². The van der Waals surface area contributed by atoms with Crippen LogP contribution >= 0.6 is 0 Å². The van der Waals surface area contributed by atoms with E-state index in [2.05, 4.69) is 9.71 Å². The van der Waals surface area contributed by atoms with Gasteiger partial charge < -0.3 is 5.73 Å². The van der Waals surface area contributed by atoms with E-state index in [-0.39, 0.29) is 6.54 Å². The van der Waals surface area contributed by atoms with E-state index in [0.29, 0.717) is 18.9 Å². The average molecular weight is 275 g/mol. The SMILES string of the molecule is CC(CN)CCCNS(=O)(=O)c1ncccc1F. The number of sulfonamides is 1. The van der Waals surface area contributed by atoms with Crippen LogP contribution in [0.1, 0.15) is 19.8 Å². The lowest BCUT2D eigenvalue weighted by molar-refractivity contribution is 0.509. The largest absolute Gasteiger partial charge is 0.330 e. The second kappa shape index (κ2) is 6.77. The molecule has 0 fully saturated rings. The van der Waals surface area contributed by atoms with Crippen molar-refractivity contribution < 1.29 is 12.8 Å². The number of hydrogen-bond acceptors (Lipinski definition) is 4. The maximum absolute atomic E-state index is 13.3. The predicted octanol–water partition coefficient (Wildman–Crippen LogP) is 0.874. The van der Waals surface area contributed by atoms with Crippen LogP contribution in [0.4, 0.5) is 4.39 Å². The van der Waals surface area contributed by atoms with Gasteiger partial charge in [-0.25, -0.2) is 22.5 Å². The molecular weight excluding hydrogens is 257 g/mol. The van der Waals surface area contributed by atoms with Crippen LogP contribution in [0.25, 0.3) is 0 Å². The molecule has 0 aromatic carbocycles. The molecule has 0 aliphatic heterocycles. The van der Waals surface area contributed by atoms with Gasteiger partial charge in [0.05, 0.1) is 0 Å². The lowest BCUT2D eigenvalue weighted by Gasteiger charge is -2.09. The molecule has 7 heteroatoms. The lowest BCUT2D eigenvalue weighted by Crippen LogP contribution is -2.27. The highest BCUT2D eigenvalue weighted by Gasteiger charge is 2.19. The molecule has 0 saturated heterocycles. The second-order valence-electron chi connectivity index (χ2n) is 4.17. The van der Waals surface area contributed by atoms with E-state index in [4.69, 9.17) is 5.73 Å². The molecule has 1 atom stereocenters. The smallest absolute Gasteiger partial charge is 0.261 e. The number of hydrogen-bond donors (Lipinski definition) is 2. The highest BCUT2D eigenvalue weighted by atomic mass is 32.2. The van der Waals surface area contributed by atoms with E-state index in [0.717, 1.165) is 12.5 Å². The summed E-state index contributed by atoms with van der Waals surface area (Å²) in [6.45, 7) is 2.82. The van der Waals surface area contributed by atoms with E-state index in [1.165, 1.54) is 12.3 Å². The fourth-order valence-corrected chi connectivity index (χ4v) is 2.49. The Kier molecular flexibility index (Phi) is 5.64. The van der Waals surface area contributed by atoms with Gasteiger partial charge in [-0.1, -0.05) is 6.92 Å². The molecule has 0 saturated carbocycles. The van der Waals surface area contributed by atoms with Crippen molar-refractivity contribution in [3.63, 3.8) is 0 Å². The number of rotatable bonds is 7. The summed E-state index contributed by atoms with van der Waals surface area (Å²) >= 11 is 0. The molecule has 0 spiro atoms. The molecule has 3 N–H and O–H groups in total. The molecule has 0 aliphatic rings. The van der Waals surface area contributed by atoms with E-state index in [1.54, 1.807) is 0 Å². The van der Waals surface area contributed by atoms with Gasteiger partial charge in [0.25, 0.3) is 10.0 Å². The summed E-state index contributed by atoms with van der Waals surface area (Å²) in [5.74, 6) is -0.499. The number of nitrogens with zero attached hydrogens (tertiary/aromatic N) is 1. The lowest BCUT2D eigenvalue weighted by atomic mass is 10.1. The van der Waals surface area contributed by atoms with Gasteiger partial charge in [0, 0.05) is 12.7 Å². The van der Waals surface area contributed by atoms with Crippen molar-refractivity contribution in [1.29, 1.82) is 0 Å². The third-order valence-corrected chi connectivity index (χ3v) is 3.94. The summed E-state index contributed by atoms with van der Waals surface area (Å²) in [5.41, 5.74) is 5.45. The number of nitrogens with one attached hydrogen (secondary N) is 1. The molecule has 0 amide bonds. The van der Waals surface area contributed by atoms with Crippen molar-refractivity contribution in [3.8, 4) is 0 Å². The summed E-state index contributed by atoms with van der Waals surface area (Å²) in [4.78, 5) is 3.53. The Balaban J connectivity index is 2.54. The Labute approximate surface area is 107 Å². The van der Waals surface area contributed by atoms with E-state index in [9.17, 15) is 12.8 Å². The van der Waals surface area contributed by atoms with E-state index < -0.39 is 20.9 Å². The number of halogens is 1. The topological polar surface area (TPSA) is 85.1 Å². The first-order chi connectivity index (χ1) is 8.47. The van der Waals surface area contributed by atoms with Crippen LogP contribution in [0.2, 0.25) is 0 Å². The van der Waals surface area contributed by atoms with Gasteiger partial charge in [-0.3, -0.25) is 0 Å². The molecule has 102 valence electrons. The van der Waals surface area contributed by atoms with Gasteiger partial charge in [0.1, 0.15) is 0 Å². The Bertz CT molecular complexity index is 479. The van der Waals surface area contributed by atoms with Gasteiger partial charge >= 0.3 is 0 Å². The molecule has 0 bridgehead atoms. The minimum absolute atomic E-state index is 0.253. The zero-order valence-corrected chi connectivity index (χ0v) is 11.1. The monoisotopic (exact) mass is 275 g/mol. The first kappa shape index (κ1) is 15.0. The molecule has 5 nitrogen and oxygen atoms in total. The van der Waals surface area contributed by atoms with Crippen LogP contribution in [0, 0.1) is 11.7 Å². The predicted molar refractivity (Wildman–Crippen MR) is 66.8 cm³/mol. The summed E-state index contributed by atoms with van der Waals surface area (Å²) in [5, 5.41) is -0.558. The van der Waals surface area contributed by atoms with Crippen molar-refractivity contribution in [3.05, 3.63) is 24.1 Å². The number of pyridine rings is 1. The van der Waals surface area contributed by atoms with E-state index >= 15 is 0 Å². The molecule has 1 unspecified atom stereocenters. The standard InChI is InChI=1S/C11H18FN3O2S/c1-9(8-13)4-2-7-15-18(16,17)11-10(12)5-3-6-14-11/h3,5-6,9,15H,2,4,7-8,13H2,1H3. The van der Waals surface area contributed by atoms with Crippen molar-refractivity contribution in [2.24, 2.45) is 11.7 Å². The summed E-state index contributed by atoms with van der Waals surface area (Å²) < 4.78 is 39.1. The normalized spacial score (nSPS) is 13.5. The van der Waals surface area contributed by atoms with Crippen molar-refractivity contribution in [2.45, 2.75) is 24.8 Å². The molecular formula is C11H18FN3O2S. The van der Waals surface area contributed by atoms with Crippen LogP contribution in [-0.2, 0) is 10.0 Å². The van der Waals surface area contributed by atoms with Crippen LogP contribution < -0.4 is 10.5 Å². The summed E-state index contributed by atoms with van der Waals surface area (Å²) in [6.07, 6.45) is 2.73. The maximum Gasteiger partial charge on any atom is 0.261 e. The van der Waals surface area contributed by atoms with Crippen molar-refractivity contribution in [1.82, 2.24) is 9.71 Å². The Morgan fingerprint density at radius 2 is 2.28 bits per heavy atom. The molecule has 0 aliphatic carbocycles. The molecule has 1 aromatic heterocycles. The third-order valence-electron chi connectivity index (χ3n) is 2.55. The highest BCUT2D eigenvalue weighted by molar-refractivity contribution is 7.89. The summed E-state index contributed by atoms with van der Waals surface area (Å²) in [7, 11) is -3.86. The average Bonchev–Trinajstić information content (AvgIpc) is 2.34. The van der Waals surface area contributed by atoms with Crippen molar-refractivity contribution in [2.75, 3.05) is 13.1 Å². The van der Waals surface area contributed by atoms with Crippen LogP contribution in [0.5, 0.6) is 0 Å². The number of aromatic nitrogens is 1. The molecule has 18 heavy (non-hydrogen) atoms. The number of nitrogens with two attached hydrogens (primary N) is 1. The minimum atomic E-state index is -3.86. The van der Waals surface area contributed by atoms with Gasteiger partial charge in [-0.15, -0.1) is 0 Å². The first-order valence-electron chi connectivity index (χ1n) is 5.77. The molecule has 1 rings (SSSR count). The van der Waals surface area contributed by atoms with Crippen LogP contribution in [0.15, 0.2) is 23.4 Å². The fourth-order valence-electron chi connectivity index (χ4n) is 1.41. The Hall–Kier alpha value is -1.05. The fraction of sp³-hybridized carbons (Fsp3) is 0.545. The van der Waals surface area contributed by atoms with Crippen molar-refractivity contribution >= 4 is 10.0 Å². The minimum Gasteiger partial charge on any atom is -0.330 e. The zero-order chi connectivity index (χ0) is 13.6. The third kappa shape index (κ3) is 4.32. The molecule has 1 aromatic rings. The first-order valence-corrected chi connectivity index (χ1v) is 7.26. The second-order valence-corrected chi connectivity index (χ2v) is 5.85. The summed E-state index contributed by atoms with van der Waals surface area (Å²) in [6, 6.07) is 2.41. The Morgan fingerprint density at radius 1 is 1.56 bits per heavy atom. The van der Waals surface area contributed by atoms with E-state index in [1.807, 2.05) is 6.92 Å². The van der Waals surface area contributed by atoms with Gasteiger partial charge in [0.2, 0.25) is 5.03 Å².